The smallest absolute Gasteiger partial charge is 0.410 e. The first-order valence-electron chi connectivity index (χ1n) is 9.98. The van der Waals surface area contributed by atoms with Crippen molar-refractivity contribution in [3.63, 3.8) is 0 Å². The van der Waals surface area contributed by atoms with Crippen molar-refractivity contribution >= 4 is 12.2 Å². The van der Waals surface area contributed by atoms with Gasteiger partial charge in [-0.15, -0.1) is 0 Å². The van der Waals surface area contributed by atoms with Crippen LogP contribution in [0.4, 0.5) is 9.59 Å². The van der Waals surface area contributed by atoms with Gasteiger partial charge in [-0.1, -0.05) is 6.92 Å². The molecule has 7 nitrogen and oxygen atoms in total. The molecule has 0 aromatic heterocycles. The lowest BCUT2D eigenvalue weighted by atomic mass is 9.63. The highest BCUT2D eigenvalue weighted by molar-refractivity contribution is 5.69. The predicted molar refractivity (Wildman–Crippen MR) is 105 cm³/mol. The highest BCUT2D eigenvalue weighted by atomic mass is 16.6. The molecule has 0 saturated carbocycles. The summed E-state index contributed by atoms with van der Waals surface area (Å²) >= 11 is 0. The Bertz CT molecular complexity index is 544. The molecule has 2 amide bonds. The summed E-state index contributed by atoms with van der Waals surface area (Å²) in [5.74, 6) is 0.468. The zero-order valence-electron chi connectivity index (χ0n) is 18.0. The van der Waals surface area contributed by atoms with E-state index in [0.29, 0.717) is 25.6 Å². The fourth-order valence-corrected chi connectivity index (χ4v) is 4.20. The van der Waals surface area contributed by atoms with E-state index < -0.39 is 17.3 Å². The molecule has 7 heteroatoms. The molecule has 2 rings (SSSR count). The third-order valence-electron chi connectivity index (χ3n) is 5.49. The Balaban J connectivity index is 2.08. The van der Waals surface area contributed by atoms with Crippen molar-refractivity contribution in [1.29, 1.82) is 0 Å². The zero-order valence-corrected chi connectivity index (χ0v) is 18.0. The van der Waals surface area contributed by atoms with Gasteiger partial charge < -0.3 is 25.0 Å². The average Bonchev–Trinajstić information content (AvgIpc) is 2.96. The summed E-state index contributed by atoms with van der Waals surface area (Å²) in [7, 11) is 0. The minimum atomic E-state index is -0.529. The highest BCUT2D eigenvalue weighted by Gasteiger charge is 2.50. The van der Waals surface area contributed by atoms with Crippen molar-refractivity contribution < 1.29 is 19.1 Å². The Hall–Kier alpha value is -1.50. The number of likely N-dealkylation sites (tertiary alicyclic amines) is 1. The van der Waals surface area contributed by atoms with Crippen LogP contribution in [0.2, 0.25) is 0 Å². The number of amides is 2. The van der Waals surface area contributed by atoms with Gasteiger partial charge in [0.1, 0.15) is 11.2 Å². The lowest BCUT2D eigenvalue weighted by Gasteiger charge is -2.50. The molecule has 2 N–H and O–H groups in total. The number of ether oxygens (including phenoxy) is 2. The number of hydrogen-bond acceptors (Lipinski definition) is 5. The maximum atomic E-state index is 12.6. The SMILES string of the molecule is CC1CN(C(=O)OC(C)(C)C)CC(CNC(=O)OC(C)(C)C)C12CCNC2. The fourth-order valence-electron chi connectivity index (χ4n) is 4.20. The van der Waals surface area contributed by atoms with Gasteiger partial charge in [-0.2, -0.15) is 0 Å². The number of carbonyl (C=O) groups is 2. The fraction of sp³-hybridized carbons (Fsp3) is 0.900. The van der Waals surface area contributed by atoms with Gasteiger partial charge in [-0.3, -0.25) is 0 Å². The molecule has 0 aromatic rings. The predicted octanol–water partition coefficient (Wildman–Crippen LogP) is 2.99. The van der Waals surface area contributed by atoms with Crippen molar-refractivity contribution in [2.75, 3.05) is 32.7 Å². The van der Waals surface area contributed by atoms with Crippen LogP contribution < -0.4 is 10.6 Å². The maximum Gasteiger partial charge on any atom is 0.410 e. The minimum Gasteiger partial charge on any atom is -0.444 e. The molecule has 0 bridgehead atoms. The molecular weight excluding hydrogens is 346 g/mol. The molecule has 156 valence electrons. The van der Waals surface area contributed by atoms with Crippen LogP contribution in [0.1, 0.15) is 54.9 Å². The van der Waals surface area contributed by atoms with Gasteiger partial charge in [0.25, 0.3) is 0 Å². The standard InChI is InChI=1S/C20H37N3O4/c1-14-11-23(17(25)27-19(5,6)7)12-15(20(14)8-9-21-13-20)10-22-16(24)26-18(2,3)4/h14-15,21H,8-13H2,1-7H3,(H,22,24). The van der Waals surface area contributed by atoms with Gasteiger partial charge in [0.2, 0.25) is 0 Å². The first kappa shape index (κ1) is 21.8. The summed E-state index contributed by atoms with van der Waals surface area (Å²) in [4.78, 5) is 26.5. The molecule has 3 unspecified atom stereocenters. The second-order valence-electron chi connectivity index (χ2n) is 10.0. The van der Waals surface area contributed by atoms with Crippen LogP contribution in [0.3, 0.4) is 0 Å². The first-order chi connectivity index (χ1) is 12.3. The van der Waals surface area contributed by atoms with E-state index in [9.17, 15) is 9.59 Å². The van der Waals surface area contributed by atoms with Crippen molar-refractivity contribution in [3.8, 4) is 0 Å². The largest absolute Gasteiger partial charge is 0.444 e. The lowest BCUT2D eigenvalue weighted by molar-refractivity contribution is -0.0287. The minimum absolute atomic E-state index is 0.0769. The van der Waals surface area contributed by atoms with Crippen molar-refractivity contribution in [3.05, 3.63) is 0 Å². The summed E-state index contributed by atoms with van der Waals surface area (Å²) in [6, 6.07) is 0. The monoisotopic (exact) mass is 383 g/mol. The van der Waals surface area contributed by atoms with Crippen LogP contribution >= 0.6 is 0 Å². The molecule has 3 atom stereocenters. The second kappa shape index (κ2) is 7.86. The number of nitrogens with zero attached hydrogens (tertiary/aromatic N) is 1. The van der Waals surface area contributed by atoms with E-state index in [4.69, 9.17) is 9.47 Å². The molecule has 2 saturated heterocycles. The molecular formula is C20H37N3O4. The van der Waals surface area contributed by atoms with Crippen LogP contribution in [-0.2, 0) is 9.47 Å². The van der Waals surface area contributed by atoms with E-state index in [1.54, 1.807) is 4.90 Å². The molecule has 2 heterocycles. The van der Waals surface area contributed by atoms with Crippen molar-refractivity contribution in [2.24, 2.45) is 17.3 Å². The van der Waals surface area contributed by atoms with Crippen LogP contribution in [0.25, 0.3) is 0 Å². The lowest BCUT2D eigenvalue weighted by Crippen LogP contribution is -2.58. The molecule has 2 fully saturated rings. The summed E-state index contributed by atoms with van der Waals surface area (Å²) in [6.07, 6.45) is 0.361. The summed E-state index contributed by atoms with van der Waals surface area (Å²) in [6.45, 7) is 17.0. The molecule has 27 heavy (non-hydrogen) atoms. The number of rotatable bonds is 2. The Morgan fingerprint density at radius 2 is 1.74 bits per heavy atom. The molecule has 1 spiro atoms. The normalized spacial score (nSPS) is 28.9. The molecule has 0 aromatic carbocycles. The number of carbonyl (C=O) groups excluding carboxylic acids is 2. The number of nitrogens with one attached hydrogen (secondary N) is 2. The van der Waals surface area contributed by atoms with Gasteiger partial charge in [0, 0.05) is 32.1 Å². The number of hydrogen-bond donors (Lipinski definition) is 2. The molecule has 2 aliphatic rings. The molecule has 0 aliphatic carbocycles. The molecule has 0 radical (unpaired) electrons. The van der Waals surface area contributed by atoms with Gasteiger partial charge in [-0.05, 0) is 65.8 Å². The maximum absolute atomic E-state index is 12.6. The topological polar surface area (TPSA) is 79.9 Å². The zero-order chi connectivity index (χ0) is 20.5. The Kier molecular flexibility index (Phi) is 6.34. The summed E-state index contributed by atoms with van der Waals surface area (Å²) < 4.78 is 11.0. The van der Waals surface area contributed by atoms with E-state index in [0.717, 1.165) is 19.5 Å². The van der Waals surface area contributed by atoms with Crippen molar-refractivity contribution in [2.45, 2.75) is 66.1 Å². The van der Waals surface area contributed by atoms with E-state index in [1.165, 1.54) is 0 Å². The quantitative estimate of drug-likeness (QED) is 0.766. The Labute approximate surface area is 163 Å². The highest BCUT2D eigenvalue weighted by Crippen LogP contribution is 2.45. The average molecular weight is 384 g/mol. The van der Waals surface area contributed by atoms with E-state index in [-0.39, 0.29) is 17.4 Å². The van der Waals surface area contributed by atoms with Crippen molar-refractivity contribution in [1.82, 2.24) is 15.5 Å². The van der Waals surface area contributed by atoms with Gasteiger partial charge >= 0.3 is 12.2 Å². The van der Waals surface area contributed by atoms with Crippen LogP contribution in [0.15, 0.2) is 0 Å². The van der Waals surface area contributed by atoms with E-state index in [1.807, 2.05) is 41.5 Å². The number of alkyl carbamates (subject to hydrolysis) is 1. The third-order valence-corrected chi connectivity index (χ3v) is 5.49. The summed E-state index contributed by atoms with van der Waals surface area (Å²) in [5, 5.41) is 6.39. The van der Waals surface area contributed by atoms with E-state index >= 15 is 0 Å². The van der Waals surface area contributed by atoms with Crippen LogP contribution in [0.5, 0.6) is 0 Å². The Morgan fingerprint density at radius 1 is 1.11 bits per heavy atom. The third kappa shape index (κ3) is 5.74. The van der Waals surface area contributed by atoms with Gasteiger partial charge in [0.15, 0.2) is 0 Å². The van der Waals surface area contributed by atoms with Crippen LogP contribution in [0, 0.1) is 17.3 Å². The Morgan fingerprint density at radius 3 is 2.26 bits per heavy atom. The summed E-state index contributed by atoms with van der Waals surface area (Å²) in [5.41, 5.74) is -0.971. The van der Waals surface area contributed by atoms with E-state index in [2.05, 4.69) is 17.6 Å². The molecule has 2 aliphatic heterocycles. The number of piperidine rings is 1. The van der Waals surface area contributed by atoms with Crippen LogP contribution in [-0.4, -0.2) is 61.0 Å². The van der Waals surface area contributed by atoms with Gasteiger partial charge in [0.05, 0.1) is 0 Å². The first-order valence-corrected chi connectivity index (χ1v) is 9.98. The van der Waals surface area contributed by atoms with Gasteiger partial charge in [-0.25, -0.2) is 9.59 Å². The second-order valence-corrected chi connectivity index (χ2v) is 10.0.